The Morgan fingerprint density at radius 2 is 2.04 bits per heavy atom. The first-order valence-electron chi connectivity index (χ1n) is 9.68. The minimum Gasteiger partial charge on any atom is -0.497 e. The Bertz CT molecular complexity index is 860. The minimum atomic E-state index is -0.136. The van der Waals surface area contributed by atoms with Gasteiger partial charge in [-0.1, -0.05) is 55.4 Å². The maximum Gasteiger partial charge on any atom is 0.225 e. The number of oxime groups is 1. The SMILES string of the molecule is COc1cccc(CN(CC2CC(c3ccccc3C)=NO2)C(=O)C(C)C)c1. The van der Waals surface area contributed by atoms with Crippen molar-refractivity contribution in [1.82, 2.24) is 4.90 Å². The molecule has 0 aliphatic carbocycles. The molecule has 0 saturated heterocycles. The number of aryl methyl sites for hydroxylation is 1. The van der Waals surface area contributed by atoms with Gasteiger partial charge in [0.1, 0.15) is 5.75 Å². The zero-order chi connectivity index (χ0) is 20.1. The molecule has 1 atom stereocenters. The highest BCUT2D eigenvalue weighted by molar-refractivity contribution is 6.02. The van der Waals surface area contributed by atoms with Gasteiger partial charge >= 0.3 is 0 Å². The maximum atomic E-state index is 12.8. The molecule has 5 nitrogen and oxygen atoms in total. The molecular weight excluding hydrogens is 352 g/mol. The highest BCUT2D eigenvalue weighted by atomic mass is 16.6. The first kappa shape index (κ1) is 19.9. The Morgan fingerprint density at radius 3 is 2.75 bits per heavy atom. The molecule has 5 heteroatoms. The van der Waals surface area contributed by atoms with Crippen LogP contribution in [-0.4, -0.2) is 36.3 Å². The van der Waals surface area contributed by atoms with Gasteiger partial charge in [-0.2, -0.15) is 0 Å². The second-order valence-corrected chi connectivity index (χ2v) is 7.51. The Balaban J connectivity index is 1.70. The molecule has 148 valence electrons. The Hall–Kier alpha value is -2.82. The molecule has 3 rings (SSSR count). The number of methoxy groups -OCH3 is 1. The van der Waals surface area contributed by atoms with Crippen LogP contribution < -0.4 is 4.74 Å². The number of benzene rings is 2. The van der Waals surface area contributed by atoms with E-state index in [4.69, 9.17) is 9.57 Å². The Morgan fingerprint density at radius 1 is 1.25 bits per heavy atom. The fourth-order valence-corrected chi connectivity index (χ4v) is 3.42. The van der Waals surface area contributed by atoms with Crippen molar-refractivity contribution < 1.29 is 14.4 Å². The van der Waals surface area contributed by atoms with Crippen molar-refractivity contribution in [2.75, 3.05) is 13.7 Å². The van der Waals surface area contributed by atoms with E-state index < -0.39 is 0 Å². The van der Waals surface area contributed by atoms with E-state index in [2.05, 4.69) is 24.2 Å². The molecule has 0 spiro atoms. The molecule has 2 aromatic rings. The van der Waals surface area contributed by atoms with Gasteiger partial charge in [0.05, 0.1) is 19.4 Å². The summed E-state index contributed by atoms with van der Waals surface area (Å²) in [5.74, 6) is 0.816. The maximum absolute atomic E-state index is 12.8. The van der Waals surface area contributed by atoms with Crippen molar-refractivity contribution in [3.8, 4) is 5.75 Å². The number of carbonyl (C=O) groups excluding carboxylic acids is 1. The number of carbonyl (C=O) groups is 1. The average Bonchev–Trinajstić information content (AvgIpc) is 3.15. The van der Waals surface area contributed by atoms with Crippen molar-refractivity contribution in [3.05, 3.63) is 65.2 Å². The van der Waals surface area contributed by atoms with E-state index in [9.17, 15) is 4.79 Å². The summed E-state index contributed by atoms with van der Waals surface area (Å²) in [5, 5.41) is 4.30. The molecule has 2 aromatic carbocycles. The van der Waals surface area contributed by atoms with E-state index in [0.29, 0.717) is 19.5 Å². The summed E-state index contributed by atoms with van der Waals surface area (Å²) in [6, 6.07) is 16.0. The van der Waals surface area contributed by atoms with Crippen molar-refractivity contribution >= 4 is 11.6 Å². The second-order valence-electron chi connectivity index (χ2n) is 7.51. The van der Waals surface area contributed by atoms with Crippen LogP contribution >= 0.6 is 0 Å². The lowest BCUT2D eigenvalue weighted by atomic mass is 10.00. The second kappa shape index (κ2) is 8.91. The molecule has 0 saturated carbocycles. The van der Waals surface area contributed by atoms with E-state index in [-0.39, 0.29) is 17.9 Å². The Labute approximate surface area is 166 Å². The van der Waals surface area contributed by atoms with Crippen molar-refractivity contribution in [3.63, 3.8) is 0 Å². The standard InChI is InChI=1S/C23H28N2O3/c1-16(2)23(26)25(14-18-9-7-10-19(12-18)27-4)15-20-13-22(24-28-20)21-11-6-5-8-17(21)3/h5-12,16,20H,13-15H2,1-4H3. The number of amides is 1. The van der Waals surface area contributed by atoms with Crippen molar-refractivity contribution in [2.24, 2.45) is 11.1 Å². The first-order chi connectivity index (χ1) is 13.5. The summed E-state index contributed by atoms with van der Waals surface area (Å²) in [4.78, 5) is 20.3. The van der Waals surface area contributed by atoms with Gasteiger partial charge in [-0.25, -0.2) is 0 Å². The Kier molecular flexibility index (Phi) is 6.34. The smallest absolute Gasteiger partial charge is 0.225 e. The molecule has 0 fully saturated rings. The monoisotopic (exact) mass is 380 g/mol. The van der Waals surface area contributed by atoms with Crippen molar-refractivity contribution in [2.45, 2.75) is 39.8 Å². The van der Waals surface area contributed by atoms with Crippen LogP contribution in [0.5, 0.6) is 5.75 Å². The summed E-state index contributed by atoms with van der Waals surface area (Å²) < 4.78 is 5.31. The molecular formula is C23H28N2O3. The van der Waals surface area contributed by atoms with Gasteiger partial charge in [0.15, 0.2) is 6.10 Å². The van der Waals surface area contributed by atoms with E-state index in [1.165, 1.54) is 5.56 Å². The van der Waals surface area contributed by atoms with Gasteiger partial charge in [0, 0.05) is 24.4 Å². The minimum absolute atomic E-state index is 0.0798. The third kappa shape index (κ3) is 4.71. The van der Waals surface area contributed by atoms with Gasteiger partial charge in [0.25, 0.3) is 0 Å². The van der Waals surface area contributed by atoms with E-state index in [1.807, 2.05) is 55.1 Å². The van der Waals surface area contributed by atoms with E-state index >= 15 is 0 Å². The number of hydrogen-bond acceptors (Lipinski definition) is 4. The van der Waals surface area contributed by atoms with Gasteiger partial charge < -0.3 is 14.5 Å². The predicted molar refractivity (Wildman–Crippen MR) is 110 cm³/mol. The highest BCUT2D eigenvalue weighted by Gasteiger charge is 2.28. The number of rotatable bonds is 7. The summed E-state index contributed by atoms with van der Waals surface area (Å²) >= 11 is 0. The van der Waals surface area contributed by atoms with Crippen LogP contribution in [0.2, 0.25) is 0 Å². The van der Waals surface area contributed by atoms with Gasteiger partial charge in [-0.3, -0.25) is 4.79 Å². The van der Waals surface area contributed by atoms with Crippen LogP contribution in [0, 0.1) is 12.8 Å². The average molecular weight is 380 g/mol. The lowest BCUT2D eigenvalue weighted by Crippen LogP contribution is -2.39. The fraction of sp³-hybridized carbons (Fsp3) is 0.391. The normalized spacial score (nSPS) is 15.9. The lowest BCUT2D eigenvalue weighted by Gasteiger charge is -2.26. The molecule has 0 bridgehead atoms. The van der Waals surface area contributed by atoms with Gasteiger partial charge in [0.2, 0.25) is 5.91 Å². The van der Waals surface area contributed by atoms with Gasteiger partial charge in [-0.05, 0) is 30.2 Å². The summed E-state index contributed by atoms with van der Waals surface area (Å²) in [5.41, 5.74) is 4.27. The summed E-state index contributed by atoms with van der Waals surface area (Å²) in [6.07, 6.45) is 0.563. The molecule has 1 aliphatic rings. The third-order valence-electron chi connectivity index (χ3n) is 4.93. The summed E-state index contributed by atoms with van der Waals surface area (Å²) in [7, 11) is 1.65. The van der Waals surface area contributed by atoms with Crippen LogP contribution in [-0.2, 0) is 16.2 Å². The topological polar surface area (TPSA) is 51.1 Å². The molecule has 1 heterocycles. The molecule has 0 N–H and O–H groups in total. The van der Waals surface area contributed by atoms with Crippen molar-refractivity contribution in [1.29, 1.82) is 0 Å². The first-order valence-corrected chi connectivity index (χ1v) is 9.68. The van der Waals surface area contributed by atoms with Crippen LogP contribution in [0.15, 0.2) is 53.7 Å². The number of nitrogens with zero attached hydrogens (tertiary/aromatic N) is 2. The zero-order valence-electron chi connectivity index (χ0n) is 17.0. The van der Waals surface area contributed by atoms with E-state index in [1.54, 1.807) is 7.11 Å². The van der Waals surface area contributed by atoms with Crippen LogP contribution in [0.4, 0.5) is 0 Å². The third-order valence-corrected chi connectivity index (χ3v) is 4.93. The number of ether oxygens (including phenoxy) is 1. The molecule has 1 unspecified atom stereocenters. The molecule has 1 aliphatic heterocycles. The highest BCUT2D eigenvalue weighted by Crippen LogP contribution is 2.22. The van der Waals surface area contributed by atoms with Crippen LogP contribution in [0.3, 0.4) is 0 Å². The number of hydrogen-bond donors (Lipinski definition) is 0. The quantitative estimate of drug-likeness (QED) is 0.724. The van der Waals surface area contributed by atoms with Gasteiger partial charge in [-0.15, -0.1) is 0 Å². The molecule has 0 aromatic heterocycles. The molecule has 28 heavy (non-hydrogen) atoms. The predicted octanol–water partition coefficient (Wildman–Crippen LogP) is 4.18. The van der Waals surface area contributed by atoms with Crippen LogP contribution in [0.1, 0.15) is 37.0 Å². The zero-order valence-corrected chi connectivity index (χ0v) is 17.0. The molecule has 0 radical (unpaired) electrons. The largest absolute Gasteiger partial charge is 0.497 e. The summed E-state index contributed by atoms with van der Waals surface area (Å²) in [6.45, 7) is 6.95. The van der Waals surface area contributed by atoms with E-state index in [0.717, 1.165) is 22.6 Å². The lowest BCUT2D eigenvalue weighted by molar-refractivity contribution is -0.136. The van der Waals surface area contributed by atoms with Crippen LogP contribution in [0.25, 0.3) is 0 Å². The fourth-order valence-electron chi connectivity index (χ4n) is 3.42. The molecule has 1 amide bonds.